The van der Waals surface area contributed by atoms with E-state index in [4.69, 9.17) is 0 Å². The number of carbonyl (C=O) groups excluding carboxylic acids is 1. The molecule has 1 aliphatic rings. The highest BCUT2D eigenvalue weighted by Crippen LogP contribution is 2.17. The lowest BCUT2D eigenvalue weighted by Gasteiger charge is -2.12. The molecule has 1 aliphatic heterocycles. The molecule has 4 nitrogen and oxygen atoms in total. The fourth-order valence-corrected chi connectivity index (χ4v) is 2.64. The number of thiophene rings is 1. The molecule has 1 aromatic rings. The van der Waals surface area contributed by atoms with Gasteiger partial charge in [-0.15, -0.1) is 11.3 Å². The van der Waals surface area contributed by atoms with Crippen LogP contribution in [0, 0.1) is 6.92 Å². The molecule has 0 spiro atoms. The van der Waals surface area contributed by atoms with Gasteiger partial charge in [0.15, 0.2) is 5.78 Å². The van der Waals surface area contributed by atoms with Gasteiger partial charge >= 0.3 is 0 Å². The molecule has 0 amide bonds. The Balaban J connectivity index is 0.000000771. The van der Waals surface area contributed by atoms with Gasteiger partial charge in [-0.1, -0.05) is 13.8 Å². The molecule has 0 aromatic carbocycles. The predicted octanol–water partition coefficient (Wildman–Crippen LogP) is 1.30. The maximum atomic E-state index is 11.8. The summed E-state index contributed by atoms with van der Waals surface area (Å²) in [6.07, 6.45) is -1.45. The molecule has 2 atom stereocenters. The number of nitrogens with zero attached hydrogens (tertiary/aromatic N) is 1. The molecule has 2 rings (SSSR count). The van der Waals surface area contributed by atoms with Crippen LogP contribution in [0.15, 0.2) is 12.1 Å². The predicted molar refractivity (Wildman–Crippen MR) is 73.2 cm³/mol. The number of aliphatic hydroxyl groups excluding tert-OH is 2. The summed E-state index contributed by atoms with van der Waals surface area (Å²) in [5, 5.41) is 18.7. The van der Waals surface area contributed by atoms with Gasteiger partial charge in [0.05, 0.1) is 23.6 Å². The Labute approximate surface area is 112 Å². The third-order valence-corrected chi connectivity index (χ3v) is 3.76. The van der Waals surface area contributed by atoms with Gasteiger partial charge < -0.3 is 10.2 Å². The first-order valence-corrected chi connectivity index (χ1v) is 7.06. The van der Waals surface area contributed by atoms with Gasteiger partial charge in [0.1, 0.15) is 0 Å². The van der Waals surface area contributed by atoms with Crippen LogP contribution in [0.4, 0.5) is 0 Å². The first-order valence-electron chi connectivity index (χ1n) is 6.24. The average Bonchev–Trinajstić information content (AvgIpc) is 2.89. The van der Waals surface area contributed by atoms with Crippen LogP contribution in [0.25, 0.3) is 0 Å². The summed E-state index contributed by atoms with van der Waals surface area (Å²) in [6, 6.07) is 3.75. The summed E-state index contributed by atoms with van der Waals surface area (Å²) in [5.74, 6) is 0.0550. The highest BCUT2D eigenvalue weighted by atomic mass is 32.1. The number of aliphatic hydroxyl groups is 2. The van der Waals surface area contributed by atoms with Crippen LogP contribution in [-0.2, 0) is 0 Å². The van der Waals surface area contributed by atoms with Crippen LogP contribution < -0.4 is 0 Å². The zero-order valence-electron chi connectivity index (χ0n) is 11.1. The number of β-amino-alcohol motifs (C(OH)–C–C–N with tert-alkyl or cyclic N) is 2. The SMILES string of the molecule is CC.Cc1ccc(C(=O)CN2CC(O)C(O)C2)s1. The van der Waals surface area contributed by atoms with E-state index in [0.29, 0.717) is 13.1 Å². The number of likely N-dealkylation sites (tertiary alicyclic amines) is 1. The van der Waals surface area contributed by atoms with Crippen molar-refractivity contribution in [1.29, 1.82) is 0 Å². The van der Waals surface area contributed by atoms with E-state index in [-0.39, 0.29) is 12.3 Å². The minimum Gasteiger partial charge on any atom is -0.389 e. The van der Waals surface area contributed by atoms with E-state index in [0.717, 1.165) is 9.75 Å². The first-order chi connectivity index (χ1) is 8.56. The Morgan fingerprint density at radius 3 is 2.33 bits per heavy atom. The monoisotopic (exact) mass is 271 g/mol. The number of carbonyl (C=O) groups is 1. The van der Waals surface area contributed by atoms with Crippen molar-refractivity contribution < 1.29 is 15.0 Å². The number of rotatable bonds is 3. The second-order valence-corrected chi connectivity index (χ2v) is 5.45. The molecule has 0 radical (unpaired) electrons. The lowest BCUT2D eigenvalue weighted by atomic mass is 10.3. The molecule has 1 saturated heterocycles. The summed E-state index contributed by atoms with van der Waals surface area (Å²) < 4.78 is 0. The normalized spacial score (nSPS) is 23.6. The maximum absolute atomic E-state index is 11.8. The van der Waals surface area contributed by atoms with Crippen molar-refractivity contribution in [2.24, 2.45) is 0 Å². The summed E-state index contributed by atoms with van der Waals surface area (Å²) >= 11 is 1.48. The lowest BCUT2D eigenvalue weighted by Crippen LogP contribution is -2.28. The van der Waals surface area contributed by atoms with Crippen molar-refractivity contribution in [2.45, 2.75) is 33.0 Å². The Hall–Kier alpha value is -0.750. The standard InChI is InChI=1S/C11H15NO3S.C2H6/c1-7-2-3-11(16-7)10(15)6-12-4-8(13)9(14)5-12;1-2/h2-3,8-9,13-14H,4-6H2,1H3;1-2H3. The minimum atomic E-state index is -0.724. The number of Topliss-reactive ketones (excluding diaryl/α,β-unsaturated/α-hetero) is 1. The largest absolute Gasteiger partial charge is 0.389 e. The molecule has 18 heavy (non-hydrogen) atoms. The molecular weight excluding hydrogens is 250 g/mol. The van der Waals surface area contributed by atoms with Crippen LogP contribution in [-0.4, -0.2) is 52.7 Å². The summed E-state index contributed by atoms with van der Waals surface area (Å²) in [7, 11) is 0. The third-order valence-electron chi connectivity index (χ3n) is 2.72. The van der Waals surface area contributed by atoms with Crippen LogP contribution in [0.1, 0.15) is 28.4 Å². The number of ketones is 1. The highest BCUT2D eigenvalue weighted by molar-refractivity contribution is 7.14. The maximum Gasteiger partial charge on any atom is 0.186 e. The summed E-state index contributed by atoms with van der Waals surface area (Å²) in [4.78, 5) is 15.5. The second kappa shape index (κ2) is 6.99. The Morgan fingerprint density at radius 1 is 1.33 bits per heavy atom. The van der Waals surface area contributed by atoms with E-state index in [1.165, 1.54) is 11.3 Å². The summed E-state index contributed by atoms with van der Waals surface area (Å²) in [6.45, 7) is 6.98. The molecule has 0 aliphatic carbocycles. The molecular formula is C13H21NO3S. The molecule has 0 saturated carbocycles. The van der Waals surface area contributed by atoms with Gasteiger partial charge in [0.25, 0.3) is 0 Å². The van der Waals surface area contributed by atoms with Gasteiger partial charge in [-0.3, -0.25) is 9.69 Å². The van der Waals surface area contributed by atoms with Crippen molar-refractivity contribution in [1.82, 2.24) is 4.90 Å². The van der Waals surface area contributed by atoms with Crippen molar-refractivity contribution in [2.75, 3.05) is 19.6 Å². The molecule has 1 aromatic heterocycles. The van der Waals surface area contributed by atoms with E-state index in [9.17, 15) is 15.0 Å². The van der Waals surface area contributed by atoms with Crippen molar-refractivity contribution in [3.8, 4) is 0 Å². The van der Waals surface area contributed by atoms with Gasteiger partial charge in [-0.25, -0.2) is 0 Å². The fraction of sp³-hybridized carbons (Fsp3) is 0.615. The van der Waals surface area contributed by atoms with Crippen molar-refractivity contribution >= 4 is 17.1 Å². The smallest absolute Gasteiger partial charge is 0.186 e. The van der Waals surface area contributed by atoms with Gasteiger partial charge in [0.2, 0.25) is 0 Å². The van der Waals surface area contributed by atoms with Gasteiger partial charge in [-0.05, 0) is 19.1 Å². The van der Waals surface area contributed by atoms with Crippen LogP contribution in [0.3, 0.4) is 0 Å². The first kappa shape index (κ1) is 15.3. The van der Waals surface area contributed by atoms with Gasteiger partial charge in [-0.2, -0.15) is 0 Å². The van der Waals surface area contributed by atoms with E-state index in [1.807, 2.05) is 32.9 Å². The number of hydrogen-bond acceptors (Lipinski definition) is 5. The third kappa shape index (κ3) is 3.88. The molecule has 2 unspecified atom stereocenters. The van der Waals surface area contributed by atoms with E-state index in [1.54, 1.807) is 4.90 Å². The molecule has 2 N–H and O–H groups in total. The van der Waals surface area contributed by atoms with Crippen molar-refractivity contribution in [3.05, 3.63) is 21.9 Å². The quantitative estimate of drug-likeness (QED) is 0.814. The lowest BCUT2D eigenvalue weighted by molar-refractivity contribution is 0.0572. The minimum absolute atomic E-state index is 0.0550. The number of hydrogen-bond donors (Lipinski definition) is 2. The average molecular weight is 271 g/mol. The highest BCUT2D eigenvalue weighted by Gasteiger charge is 2.30. The van der Waals surface area contributed by atoms with Gasteiger partial charge in [0, 0.05) is 18.0 Å². The summed E-state index contributed by atoms with van der Waals surface area (Å²) in [5.41, 5.74) is 0. The van der Waals surface area contributed by atoms with E-state index in [2.05, 4.69) is 0 Å². The molecule has 102 valence electrons. The van der Waals surface area contributed by atoms with Crippen LogP contribution in [0.5, 0.6) is 0 Å². The van der Waals surface area contributed by atoms with Crippen LogP contribution >= 0.6 is 11.3 Å². The van der Waals surface area contributed by atoms with E-state index < -0.39 is 12.2 Å². The topological polar surface area (TPSA) is 60.8 Å². The Bertz CT molecular complexity index is 381. The molecule has 0 bridgehead atoms. The zero-order chi connectivity index (χ0) is 13.7. The zero-order valence-corrected chi connectivity index (χ0v) is 11.9. The Morgan fingerprint density at radius 2 is 1.89 bits per heavy atom. The number of aryl methyl sites for hydroxylation is 1. The van der Waals surface area contributed by atoms with Crippen LogP contribution in [0.2, 0.25) is 0 Å². The van der Waals surface area contributed by atoms with E-state index >= 15 is 0 Å². The Kier molecular flexibility index (Phi) is 5.95. The second-order valence-electron chi connectivity index (χ2n) is 4.16. The van der Waals surface area contributed by atoms with Crippen molar-refractivity contribution in [3.63, 3.8) is 0 Å². The fourth-order valence-electron chi connectivity index (χ4n) is 1.84. The molecule has 1 fully saturated rings. The molecule has 5 heteroatoms. The molecule has 2 heterocycles.